The van der Waals surface area contributed by atoms with Gasteiger partial charge in [-0.2, -0.15) is 5.26 Å². The molecule has 3 nitrogen and oxygen atoms in total. The Balaban J connectivity index is 2.16. The molecule has 0 radical (unpaired) electrons. The monoisotopic (exact) mass is 213 g/mol. The maximum Gasteiger partial charge on any atom is 0.154 e. The third kappa shape index (κ3) is 1.54. The summed E-state index contributed by atoms with van der Waals surface area (Å²) in [6, 6.07) is 2.22. The second-order valence-corrected chi connectivity index (χ2v) is 6.73. The Hall–Kier alpha value is -0.560. The number of sulfone groups is 1. The first kappa shape index (κ1) is 9.97. The quantitative estimate of drug-likeness (QED) is 0.698. The van der Waals surface area contributed by atoms with Crippen molar-refractivity contribution < 1.29 is 8.42 Å². The van der Waals surface area contributed by atoms with E-state index in [0.717, 1.165) is 25.7 Å². The number of hydrogen-bond donors (Lipinski definition) is 0. The van der Waals surface area contributed by atoms with E-state index in [2.05, 4.69) is 6.07 Å². The Morgan fingerprint density at radius 1 is 1.21 bits per heavy atom. The zero-order chi connectivity index (χ0) is 10.2. The molecule has 78 valence electrons. The minimum Gasteiger partial charge on any atom is -0.229 e. The first-order valence-electron chi connectivity index (χ1n) is 5.26. The Labute approximate surface area is 85.0 Å². The highest BCUT2D eigenvalue weighted by Gasteiger charge is 2.42. The third-order valence-electron chi connectivity index (χ3n) is 3.59. The standard InChI is InChI=1S/C10H15NO2S/c11-7-9(8-3-1-4-8)10-5-2-6-14(10,12)13/h8-10H,1-6H2. The molecule has 1 saturated carbocycles. The van der Waals surface area contributed by atoms with Crippen molar-refractivity contribution in [3.63, 3.8) is 0 Å². The van der Waals surface area contributed by atoms with Crippen LogP contribution in [-0.4, -0.2) is 19.4 Å². The van der Waals surface area contributed by atoms with Gasteiger partial charge in [-0.05, 0) is 31.6 Å². The van der Waals surface area contributed by atoms with Crippen LogP contribution in [0.1, 0.15) is 32.1 Å². The molecular weight excluding hydrogens is 198 g/mol. The fraction of sp³-hybridized carbons (Fsp3) is 0.900. The van der Waals surface area contributed by atoms with Gasteiger partial charge in [0, 0.05) is 0 Å². The molecule has 2 rings (SSSR count). The van der Waals surface area contributed by atoms with Gasteiger partial charge in [0.1, 0.15) is 0 Å². The zero-order valence-corrected chi connectivity index (χ0v) is 8.96. The Morgan fingerprint density at radius 3 is 2.29 bits per heavy atom. The molecule has 1 aliphatic carbocycles. The van der Waals surface area contributed by atoms with Crippen molar-refractivity contribution in [1.29, 1.82) is 5.26 Å². The molecule has 14 heavy (non-hydrogen) atoms. The smallest absolute Gasteiger partial charge is 0.154 e. The zero-order valence-electron chi connectivity index (χ0n) is 8.15. The van der Waals surface area contributed by atoms with E-state index < -0.39 is 9.84 Å². The molecule has 0 aromatic heterocycles. The molecule has 0 aromatic rings. The minimum absolute atomic E-state index is 0.226. The number of rotatable bonds is 2. The lowest BCUT2D eigenvalue weighted by atomic mass is 9.74. The summed E-state index contributed by atoms with van der Waals surface area (Å²) >= 11 is 0. The number of hydrogen-bond acceptors (Lipinski definition) is 3. The highest BCUT2D eigenvalue weighted by molar-refractivity contribution is 7.92. The van der Waals surface area contributed by atoms with E-state index in [1.807, 2.05) is 0 Å². The highest BCUT2D eigenvalue weighted by Crippen LogP contribution is 2.40. The first-order chi connectivity index (χ1) is 6.65. The van der Waals surface area contributed by atoms with Gasteiger partial charge in [0.25, 0.3) is 0 Å². The molecule has 0 spiro atoms. The molecule has 2 atom stereocenters. The number of nitrogens with zero attached hydrogens (tertiary/aromatic N) is 1. The van der Waals surface area contributed by atoms with Crippen LogP contribution in [0, 0.1) is 23.2 Å². The van der Waals surface area contributed by atoms with Gasteiger partial charge in [-0.25, -0.2) is 8.42 Å². The average Bonchev–Trinajstić information content (AvgIpc) is 2.37. The summed E-state index contributed by atoms with van der Waals surface area (Å²) in [5.41, 5.74) is 0. The molecule has 1 saturated heterocycles. The average molecular weight is 213 g/mol. The maximum atomic E-state index is 11.7. The van der Waals surface area contributed by atoms with Crippen LogP contribution in [0.15, 0.2) is 0 Å². The van der Waals surface area contributed by atoms with Crippen LogP contribution < -0.4 is 0 Å². The van der Waals surface area contributed by atoms with E-state index >= 15 is 0 Å². The second-order valence-electron chi connectivity index (χ2n) is 4.39. The van der Waals surface area contributed by atoms with Crippen molar-refractivity contribution in [2.45, 2.75) is 37.4 Å². The molecular formula is C10H15NO2S. The lowest BCUT2D eigenvalue weighted by Crippen LogP contribution is -2.34. The third-order valence-corrected chi connectivity index (χ3v) is 5.90. The molecule has 0 aromatic carbocycles. The summed E-state index contributed by atoms with van der Waals surface area (Å²) in [7, 11) is -2.94. The normalized spacial score (nSPS) is 33.2. The van der Waals surface area contributed by atoms with Gasteiger partial charge >= 0.3 is 0 Å². The van der Waals surface area contributed by atoms with E-state index in [-0.39, 0.29) is 11.2 Å². The summed E-state index contributed by atoms with van der Waals surface area (Å²) in [4.78, 5) is 0. The van der Waals surface area contributed by atoms with Gasteiger partial charge in [0.2, 0.25) is 0 Å². The van der Waals surface area contributed by atoms with Crippen LogP contribution in [0.25, 0.3) is 0 Å². The first-order valence-corrected chi connectivity index (χ1v) is 6.98. The van der Waals surface area contributed by atoms with Crippen molar-refractivity contribution in [3.8, 4) is 6.07 Å². The van der Waals surface area contributed by atoms with Crippen LogP contribution in [-0.2, 0) is 9.84 Å². The predicted octanol–water partition coefficient (Wildman–Crippen LogP) is 1.50. The molecule has 0 bridgehead atoms. The lowest BCUT2D eigenvalue weighted by Gasteiger charge is -2.32. The molecule has 1 heterocycles. The van der Waals surface area contributed by atoms with Crippen molar-refractivity contribution in [1.82, 2.24) is 0 Å². The van der Waals surface area contributed by atoms with Crippen LogP contribution in [0.5, 0.6) is 0 Å². The van der Waals surface area contributed by atoms with Crippen molar-refractivity contribution in [2.75, 3.05) is 5.75 Å². The van der Waals surface area contributed by atoms with Crippen LogP contribution in [0.4, 0.5) is 0 Å². The molecule has 2 fully saturated rings. The summed E-state index contributed by atoms with van der Waals surface area (Å²) in [6.45, 7) is 0. The van der Waals surface area contributed by atoms with E-state index in [9.17, 15) is 8.42 Å². The van der Waals surface area contributed by atoms with E-state index in [0.29, 0.717) is 18.1 Å². The van der Waals surface area contributed by atoms with Gasteiger partial charge in [-0.15, -0.1) is 0 Å². The topological polar surface area (TPSA) is 57.9 Å². The summed E-state index contributed by atoms with van der Waals surface area (Å²) in [5.74, 6) is 0.428. The second kappa shape index (κ2) is 3.54. The molecule has 2 aliphatic rings. The number of nitriles is 1. The molecule has 2 unspecified atom stereocenters. The highest BCUT2D eigenvalue weighted by atomic mass is 32.2. The van der Waals surface area contributed by atoms with Crippen LogP contribution in [0.3, 0.4) is 0 Å². The summed E-state index contributed by atoms with van der Waals surface area (Å²) in [6.07, 6.45) is 4.71. The van der Waals surface area contributed by atoms with Crippen LogP contribution in [0.2, 0.25) is 0 Å². The maximum absolute atomic E-state index is 11.7. The summed E-state index contributed by atoms with van der Waals surface area (Å²) in [5, 5.41) is 8.69. The van der Waals surface area contributed by atoms with Gasteiger partial charge in [-0.3, -0.25) is 0 Å². The lowest BCUT2D eigenvalue weighted by molar-refractivity contribution is 0.239. The Bertz CT molecular complexity index is 351. The SMILES string of the molecule is N#CC(C1CCC1)C1CCCS1(=O)=O. The van der Waals surface area contributed by atoms with E-state index in [1.54, 1.807) is 0 Å². The van der Waals surface area contributed by atoms with Crippen molar-refractivity contribution in [2.24, 2.45) is 11.8 Å². The van der Waals surface area contributed by atoms with Gasteiger partial charge in [0.15, 0.2) is 9.84 Å². The van der Waals surface area contributed by atoms with Gasteiger partial charge in [0.05, 0.1) is 23.0 Å². The largest absolute Gasteiger partial charge is 0.229 e. The molecule has 4 heteroatoms. The van der Waals surface area contributed by atoms with E-state index in [4.69, 9.17) is 5.26 Å². The van der Waals surface area contributed by atoms with Crippen LogP contribution >= 0.6 is 0 Å². The Morgan fingerprint density at radius 2 is 1.93 bits per heavy atom. The van der Waals surface area contributed by atoms with Crippen molar-refractivity contribution in [3.05, 3.63) is 0 Å². The van der Waals surface area contributed by atoms with Gasteiger partial charge in [-0.1, -0.05) is 6.42 Å². The van der Waals surface area contributed by atoms with Crippen molar-refractivity contribution >= 4 is 9.84 Å². The summed E-state index contributed by atoms with van der Waals surface area (Å²) < 4.78 is 23.3. The molecule has 1 aliphatic heterocycles. The predicted molar refractivity (Wildman–Crippen MR) is 53.3 cm³/mol. The fourth-order valence-corrected chi connectivity index (χ4v) is 4.64. The van der Waals surface area contributed by atoms with E-state index in [1.165, 1.54) is 0 Å². The van der Waals surface area contributed by atoms with Gasteiger partial charge < -0.3 is 0 Å². The minimum atomic E-state index is -2.94. The fourth-order valence-electron chi connectivity index (χ4n) is 2.51. The molecule has 0 amide bonds. The Kier molecular flexibility index (Phi) is 2.52. The molecule has 0 N–H and O–H groups in total.